The van der Waals surface area contributed by atoms with Crippen LogP contribution in [0.2, 0.25) is 0 Å². The number of hydrogen-bond donors (Lipinski definition) is 0. The first kappa shape index (κ1) is 12.1. The fraction of sp³-hybridized carbons (Fsp3) is 0.300. The Bertz CT molecular complexity index is 366. The molecule has 0 radical (unpaired) electrons. The second-order valence-corrected chi connectivity index (χ2v) is 3.97. The van der Waals surface area contributed by atoms with Crippen molar-refractivity contribution < 1.29 is 18.3 Å². The topological polar surface area (TPSA) is 26.3 Å². The zero-order chi connectivity index (χ0) is 11.4. The van der Waals surface area contributed by atoms with Gasteiger partial charge >= 0.3 is 6.61 Å². The lowest BCUT2D eigenvalue weighted by molar-refractivity contribution is -0.116. The van der Waals surface area contributed by atoms with Gasteiger partial charge in [0.1, 0.15) is 11.5 Å². The Hall–Kier alpha value is -0.970. The molecule has 0 aliphatic heterocycles. The molecule has 0 aromatic heterocycles. The van der Waals surface area contributed by atoms with Crippen LogP contribution >= 0.6 is 15.9 Å². The van der Waals surface area contributed by atoms with E-state index >= 15 is 0 Å². The summed E-state index contributed by atoms with van der Waals surface area (Å²) in [5.41, 5.74) is 0.646. The van der Waals surface area contributed by atoms with E-state index < -0.39 is 6.61 Å². The molecular weight excluding hydrogens is 270 g/mol. The number of Topliss-reactive ketones (excluding diaryl/α,β-unsaturated/α-hetero) is 1. The lowest BCUT2D eigenvalue weighted by Gasteiger charge is -2.07. The minimum absolute atomic E-state index is 0.0314. The van der Waals surface area contributed by atoms with E-state index in [0.717, 1.165) is 0 Å². The number of ether oxygens (including phenoxy) is 1. The van der Waals surface area contributed by atoms with Crippen LogP contribution in [0, 0.1) is 0 Å². The number of ketones is 1. The van der Waals surface area contributed by atoms with E-state index in [0.29, 0.717) is 10.0 Å². The van der Waals surface area contributed by atoms with Gasteiger partial charge in [-0.1, -0.05) is 15.9 Å². The highest BCUT2D eigenvalue weighted by molar-refractivity contribution is 9.10. The second kappa shape index (κ2) is 5.21. The standard InChI is InChI=1S/C10H9BrF2O2/c1-6(14)2-7-3-8(11)5-9(4-7)15-10(12)13/h3-5,10H,2H2,1H3. The molecule has 1 aromatic carbocycles. The van der Waals surface area contributed by atoms with Crippen molar-refractivity contribution in [3.05, 3.63) is 28.2 Å². The Labute approximate surface area is 94.4 Å². The summed E-state index contributed by atoms with van der Waals surface area (Å²) in [4.78, 5) is 10.9. The van der Waals surface area contributed by atoms with Crippen LogP contribution in [0.25, 0.3) is 0 Å². The monoisotopic (exact) mass is 278 g/mol. The predicted octanol–water partition coefficient (Wildman–Crippen LogP) is 3.18. The molecule has 2 nitrogen and oxygen atoms in total. The maximum atomic E-state index is 11.9. The van der Waals surface area contributed by atoms with Crippen LogP contribution < -0.4 is 4.74 Å². The fourth-order valence-corrected chi connectivity index (χ4v) is 1.70. The van der Waals surface area contributed by atoms with Gasteiger partial charge in [0, 0.05) is 10.9 Å². The predicted molar refractivity (Wildman–Crippen MR) is 55.2 cm³/mol. The molecule has 0 fully saturated rings. The number of alkyl halides is 2. The summed E-state index contributed by atoms with van der Waals surface area (Å²) in [5.74, 6) is 0.0201. The van der Waals surface area contributed by atoms with E-state index in [2.05, 4.69) is 20.7 Å². The number of benzene rings is 1. The summed E-state index contributed by atoms with van der Waals surface area (Å²) in [7, 11) is 0. The van der Waals surface area contributed by atoms with E-state index in [1.54, 1.807) is 6.07 Å². The van der Waals surface area contributed by atoms with Crippen molar-refractivity contribution in [1.29, 1.82) is 0 Å². The Kier molecular flexibility index (Phi) is 4.20. The number of halogens is 3. The third kappa shape index (κ3) is 4.38. The first-order valence-corrected chi connectivity index (χ1v) is 5.00. The first-order chi connectivity index (χ1) is 6.97. The van der Waals surface area contributed by atoms with Gasteiger partial charge in [-0.3, -0.25) is 4.79 Å². The Morgan fingerprint density at radius 2 is 2.13 bits per heavy atom. The normalized spacial score (nSPS) is 10.5. The lowest BCUT2D eigenvalue weighted by Crippen LogP contribution is -2.03. The molecule has 0 aliphatic rings. The zero-order valence-corrected chi connectivity index (χ0v) is 9.55. The van der Waals surface area contributed by atoms with Gasteiger partial charge in [-0.2, -0.15) is 8.78 Å². The van der Waals surface area contributed by atoms with Crippen molar-refractivity contribution in [1.82, 2.24) is 0 Å². The highest BCUT2D eigenvalue weighted by Crippen LogP contribution is 2.23. The van der Waals surface area contributed by atoms with Gasteiger partial charge in [0.25, 0.3) is 0 Å². The summed E-state index contributed by atoms with van der Waals surface area (Å²) < 4.78 is 28.7. The number of carbonyl (C=O) groups is 1. The molecule has 0 saturated heterocycles. The molecule has 0 spiro atoms. The van der Waals surface area contributed by atoms with Crippen LogP contribution in [0.1, 0.15) is 12.5 Å². The molecule has 1 aromatic rings. The third-order valence-electron chi connectivity index (χ3n) is 1.61. The van der Waals surface area contributed by atoms with E-state index in [1.165, 1.54) is 19.1 Å². The van der Waals surface area contributed by atoms with Crippen molar-refractivity contribution in [2.75, 3.05) is 0 Å². The first-order valence-electron chi connectivity index (χ1n) is 4.21. The molecule has 0 N–H and O–H groups in total. The molecule has 0 amide bonds. The Morgan fingerprint density at radius 3 is 2.67 bits per heavy atom. The van der Waals surface area contributed by atoms with Gasteiger partial charge in [-0.05, 0) is 30.7 Å². The van der Waals surface area contributed by atoms with Gasteiger partial charge in [0.05, 0.1) is 0 Å². The molecule has 0 atom stereocenters. The summed E-state index contributed by atoms with van der Waals surface area (Å²) >= 11 is 3.16. The Morgan fingerprint density at radius 1 is 1.47 bits per heavy atom. The van der Waals surface area contributed by atoms with E-state index in [-0.39, 0.29) is 18.0 Å². The maximum absolute atomic E-state index is 11.9. The minimum atomic E-state index is -2.86. The molecule has 1 rings (SSSR count). The van der Waals surface area contributed by atoms with Crippen molar-refractivity contribution in [3.63, 3.8) is 0 Å². The maximum Gasteiger partial charge on any atom is 0.387 e. The molecule has 82 valence electrons. The van der Waals surface area contributed by atoms with Crippen LogP contribution in [-0.4, -0.2) is 12.4 Å². The number of rotatable bonds is 4. The van der Waals surface area contributed by atoms with Crippen LogP contribution in [0.4, 0.5) is 8.78 Å². The summed E-state index contributed by atoms with van der Waals surface area (Å²) in [5, 5.41) is 0. The SMILES string of the molecule is CC(=O)Cc1cc(Br)cc(OC(F)F)c1. The van der Waals surface area contributed by atoms with Crippen LogP contribution in [0.3, 0.4) is 0 Å². The average molecular weight is 279 g/mol. The van der Waals surface area contributed by atoms with Crippen molar-refractivity contribution in [2.45, 2.75) is 20.0 Å². The van der Waals surface area contributed by atoms with E-state index in [1.807, 2.05) is 0 Å². The van der Waals surface area contributed by atoms with E-state index in [4.69, 9.17) is 0 Å². The largest absolute Gasteiger partial charge is 0.435 e. The molecule has 15 heavy (non-hydrogen) atoms. The average Bonchev–Trinajstić information content (AvgIpc) is 1.98. The van der Waals surface area contributed by atoms with Gasteiger partial charge in [0.15, 0.2) is 0 Å². The van der Waals surface area contributed by atoms with E-state index in [9.17, 15) is 13.6 Å². The minimum Gasteiger partial charge on any atom is -0.435 e. The molecule has 0 aliphatic carbocycles. The Balaban J connectivity index is 2.89. The number of hydrogen-bond acceptors (Lipinski definition) is 2. The molecule has 0 unspecified atom stereocenters. The molecular formula is C10H9BrF2O2. The van der Waals surface area contributed by atoms with Crippen molar-refractivity contribution in [2.24, 2.45) is 0 Å². The second-order valence-electron chi connectivity index (χ2n) is 3.05. The fourth-order valence-electron chi connectivity index (χ4n) is 1.18. The van der Waals surface area contributed by atoms with Gasteiger partial charge in [-0.15, -0.1) is 0 Å². The lowest BCUT2D eigenvalue weighted by atomic mass is 10.1. The summed E-state index contributed by atoms with van der Waals surface area (Å²) in [6.07, 6.45) is 0.207. The summed E-state index contributed by atoms with van der Waals surface area (Å²) in [6, 6.07) is 4.55. The molecule has 0 bridgehead atoms. The van der Waals surface area contributed by atoms with Crippen molar-refractivity contribution in [3.8, 4) is 5.75 Å². The molecule has 0 saturated carbocycles. The highest BCUT2D eigenvalue weighted by atomic mass is 79.9. The van der Waals surface area contributed by atoms with Gasteiger partial charge in [0.2, 0.25) is 0 Å². The quantitative estimate of drug-likeness (QED) is 0.846. The number of carbonyl (C=O) groups excluding carboxylic acids is 1. The highest BCUT2D eigenvalue weighted by Gasteiger charge is 2.07. The van der Waals surface area contributed by atoms with Gasteiger partial charge < -0.3 is 4.74 Å². The smallest absolute Gasteiger partial charge is 0.387 e. The van der Waals surface area contributed by atoms with Crippen LogP contribution in [-0.2, 0) is 11.2 Å². The third-order valence-corrected chi connectivity index (χ3v) is 2.07. The summed E-state index contributed by atoms with van der Waals surface area (Å²) in [6.45, 7) is -1.42. The molecule has 0 heterocycles. The van der Waals surface area contributed by atoms with Gasteiger partial charge in [-0.25, -0.2) is 0 Å². The van der Waals surface area contributed by atoms with Crippen LogP contribution in [0.5, 0.6) is 5.75 Å². The molecule has 5 heteroatoms. The zero-order valence-electron chi connectivity index (χ0n) is 7.97. The van der Waals surface area contributed by atoms with Crippen LogP contribution in [0.15, 0.2) is 22.7 Å². The van der Waals surface area contributed by atoms with Crippen molar-refractivity contribution >= 4 is 21.7 Å².